The lowest BCUT2D eigenvalue weighted by atomic mass is 10.1. The van der Waals surface area contributed by atoms with Crippen molar-refractivity contribution in [1.29, 1.82) is 0 Å². The smallest absolute Gasteiger partial charge is 0.335 e. The summed E-state index contributed by atoms with van der Waals surface area (Å²) >= 11 is 0. The molecule has 0 spiro atoms. The minimum Gasteiger partial charge on any atom is -0.495 e. The predicted octanol–water partition coefficient (Wildman–Crippen LogP) is 4.98. The van der Waals surface area contributed by atoms with Crippen LogP contribution < -0.4 is 20.1 Å². The zero-order chi connectivity index (χ0) is 27.2. The highest BCUT2D eigenvalue weighted by Crippen LogP contribution is 2.29. The molecule has 10 heteroatoms. The third-order valence-corrected chi connectivity index (χ3v) is 6.26. The third kappa shape index (κ3) is 6.20. The van der Waals surface area contributed by atoms with Crippen LogP contribution in [0.2, 0.25) is 0 Å². The van der Waals surface area contributed by atoms with Crippen molar-refractivity contribution >= 4 is 29.3 Å². The second-order valence-corrected chi connectivity index (χ2v) is 8.89. The third-order valence-electron chi connectivity index (χ3n) is 6.26. The lowest BCUT2D eigenvalue weighted by Gasteiger charge is -2.25. The Morgan fingerprint density at radius 3 is 2.37 bits per heavy atom. The monoisotopic (exact) mass is 521 g/mol. The summed E-state index contributed by atoms with van der Waals surface area (Å²) in [5.74, 6) is -0.744. The summed E-state index contributed by atoms with van der Waals surface area (Å²) in [7, 11) is 1.42. The Morgan fingerprint density at radius 1 is 1.00 bits per heavy atom. The van der Waals surface area contributed by atoms with E-state index in [1.54, 1.807) is 18.2 Å². The molecular formula is C28H28FN3O6. The molecule has 198 valence electrons. The minimum absolute atomic E-state index is 0.0500. The molecule has 0 bridgehead atoms. The van der Waals surface area contributed by atoms with Crippen LogP contribution in [0.5, 0.6) is 11.5 Å². The van der Waals surface area contributed by atoms with E-state index in [0.29, 0.717) is 17.1 Å². The Hall–Kier alpha value is -4.60. The average Bonchev–Trinajstić information content (AvgIpc) is 3.29. The number of halogens is 1. The van der Waals surface area contributed by atoms with Crippen LogP contribution in [-0.4, -0.2) is 60.4 Å². The number of hydrogen-bond donors (Lipinski definition) is 3. The van der Waals surface area contributed by atoms with Gasteiger partial charge in [-0.15, -0.1) is 0 Å². The summed E-state index contributed by atoms with van der Waals surface area (Å²) in [6.45, 7) is 1.85. The number of carbonyl (C=O) groups is 3. The number of aryl methyl sites for hydroxylation is 1. The van der Waals surface area contributed by atoms with Crippen molar-refractivity contribution in [3.05, 3.63) is 83.4 Å². The molecule has 4 rings (SSSR count). The van der Waals surface area contributed by atoms with Gasteiger partial charge in [-0.1, -0.05) is 18.2 Å². The number of para-hydroxylation sites is 1. The Bertz CT molecular complexity index is 1330. The number of rotatable bonds is 8. The van der Waals surface area contributed by atoms with Gasteiger partial charge in [0.15, 0.2) is 0 Å². The molecule has 3 aromatic carbocycles. The fourth-order valence-electron chi connectivity index (χ4n) is 4.23. The second kappa shape index (κ2) is 11.6. The normalized spacial score (nSPS) is 16.6. The quantitative estimate of drug-likeness (QED) is 0.385. The predicted molar refractivity (Wildman–Crippen MR) is 140 cm³/mol. The van der Waals surface area contributed by atoms with Gasteiger partial charge in [0.1, 0.15) is 24.3 Å². The van der Waals surface area contributed by atoms with E-state index in [0.717, 1.165) is 5.56 Å². The largest absolute Gasteiger partial charge is 0.495 e. The molecule has 1 saturated heterocycles. The van der Waals surface area contributed by atoms with Gasteiger partial charge in [-0.3, -0.25) is 4.79 Å². The Labute approximate surface area is 219 Å². The van der Waals surface area contributed by atoms with Crippen LogP contribution in [0.3, 0.4) is 0 Å². The SMILES string of the molecule is COc1cc(C(=O)N2C[C@@H](F)C[C@H]2COc2ccc(C(=O)O)cc2)ccc1NC(=O)Nc1ccccc1C. The van der Waals surface area contributed by atoms with Crippen LogP contribution in [0.15, 0.2) is 66.7 Å². The maximum absolute atomic E-state index is 14.3. The number of urea groups is 1. The van der Waals surface area contributed by atoms with Crippen LogP contribution in [0.25, 0.3) is 0 Å². The summed E-state index contributed by atoms with van der Waals surface area (Å²) in [5, 5.41) is 14.5. The van der Waals surface area contributed by atoms with Crippen molar-refractivity contribution in [2.24, 2.45) is 0 Å². The number of amides is 3. The van der Waals surface area contributed by atoms with Crippen molar-refractivity contribution in [2.75, 3.05) is 30.9 Å². The highest BCUT2D eigenvalue weighted by molar-refractivity contribution is 6.02. The maximum atomic E-state index is 14.3. The molecule has 0 radical (unpaired) electrons. The van der Waals surface area contributed by atoms with Gasteiger partial charge in [0.05, 0.1) is 30.9 Å². The standard InChI is InChI=1S/C28H28FN3O6/c1-17-5-3-4-6-23(17)30-28(36)31-24-12-9-19(13-25(24)37-2)26(33)32-15-20(29)14-21(32)16-38-22-10-7-18(8-11-22)27(34)35/h3-13,20-21H,14-16H2,1-2H3,(H,34,35)(H2,30,31,36)/t20-,21-/m0/s1. The summed E-state index contributed by atoms with van der Waals surface area (Å²) in [5.41, 5.74) is 2.33. The minimum atomic E-state index is -1.20. The van der Waals surface area contributed by atoms with Gasteiger partial charge in [0.25, 0.3) is 5.91 Å². The molecular weight excluding hydrogens is 493 g/mol. The Balaban J connectivity index is 1.43. The van der Waals surface area contributed by atoms with Gasteiger partial charge >= 0.3 is 12.0 Å². The number of aromatic carboxylic acids is 1. The lowest BCUT2D eigenvalue weighted by molar-refractivity contribution is 0.0679. The van der Waals surface area contributed by atoms with E-state index < -0.39 is 30.1 Å². The zero-order valence-electron chi connectivity index (χ0n) is 20.9. The first-order valence-corrected chi connectivity index (χ1v) is 12.0. The molecule has 38 heavy (non-hydrogen) atoms. The highest BCUT2D eigenvalue weighted by Gasteiger charge is 2.36. The number of nitrogens with zero attached hydrogens (tertiary/aromatic N) is 1. The van der Waals surface area contributed by atoms with Crippen molar-refractivity contribution in [3.63, 3.8) is 0 Å². The molecule has 1 aliphatic heterocycles. The number of methoxy groups -OCH3 is 1. The van der Waals surface area contributed by atoms with Gasteiger partial charge in [0, 0.05) is 17.7 Å². The zero-order valence-corrected chi connectivity index (χ0v) is 20.9. The molecule has 0 aromatic heterocycles. The number of ether oxygens (including phenoxy) is 2. The van der Waals surface area contributed by atoms with Crippen molar-refractivity contribution in [3.8, 4) is 11.5 Å². The second-order valence-electron chi connectivity index (χ2n) is 8.89. The Kier molecular flexibility index (Phi) is 8.10. The highest BCUT2D eigenvalue weighted by atomic mass is 19.1. The topological polar surface area (TPSA) is 117 Å². The van der Waals surface area contributed by atoms with Gasteiger partial charge in [-0.05, 0) is 61.0 Å². The molecule has 1 heterocycles. The first kappa shape index (κ1) is 26.5. The molecule has 1 fully saturated rings. The van der Waals surface area contributed by atoms with E-state index in [1.165, 1.54) is 42.3 Å². The number of carbonyl (C=O) groups excluding carboxylic acids is 2. The van der Waals surface area contributed by atoms with E-state index in [4.69, 9.17) is 14.6 Å². The number of nitrogens with one attached hydrogen (secondary N) is 2. The molecule has 3 aromatic rings. The number of alkyl halides is 1. The molecule has 0 aliphatic carbocycles. The first-order valence-electron chi connectivity index (χ1n) is 12.0. The Morgan fingerprint density at radius 2 is 1.68 bits per heavy atom. The number of carboxylic acid groups (broad SMARTS) is 1. The summed E-state index contributed by atoms with van der Waals surface area (Å²) in [4.78, 5) is 38.2. The molecule has 9 nitrogen and oxygen atoms in total. The first-order chi connectivity index (χ1) is 18.2. The van der Waals surface area contributed by atoms with Crippen LogP contribution in [-0.2, 0) is 0 Å². The van der Waals surface area contributed by atoms with Crippen LogP contribution in [0.4, 0.5) is 20.6 Å². The van der Waals surface area contributed by atoms with Gasteiger partial charge in [-0.2, -0.15) is 0 Å². The van der Waals surface area contributed by atoms with E-state index in [1.807, 2.05) is 25.1 Å². The average molecular weight is 522 g/mol. The summed E-state index contributed by atoms with van der Waals surface area (Å²) < 4.78 is 25.5. The van der Waals surface area contributed by atoms with Crippen LogP contribution in [0.1, 0.15) is 32.7 Å². The van der Waals surface area contributed by atoms with Crippen molar-refractivity contribution in [2.45, 2.75) is 25.6 Å². The van der Waals surface area contributed by atoms with Crippen LogP contribution >= 0.6 is 0 Å². The molecule has 3 N–H and O–H groups in total. The van der Waals surface area contributed by atoms with E-state index >= 15 is 0 Å². The summed E-state index contributed by atoms with van der Waals surface area (Å²) in [6.07, 6.45) is -1.08. The molecule has 0 unspecified atom stereocenters. The maximum Gasteiger partial charge on any atom is 0.335 e. The van der Waals surface area contributed by atoms with E-state index in [2.05, 4.69) is 10.6 Å². The van der Waals surface area contributed by atoms with Crippen molar-refractivity contribution in [1.82, 2.24) is 4.90 Å². The van der Waals surface area contributed by atoms with Gasteiger partial charge in [0.2, 0.25) is 0 Å². The number of carboxylic acids is 1. The molecule has 0 saturated carbocycles. The van der Waals surface area contributed by atoms with E-state index in [-0.39, 0.29) is 36.4 Å². The van der Waals surface area contributed by atoms with Gasteiger partial charge in [-0.25, -0.2) is 14.0 Å². The number of anilines is 2. The number of likely N-dealkylation sites (tertiary alicyclic amines) is 1. The lowest BCUT2D eigenvalue weighted by Crippen LogP contribution is -2.39. The fourth-order valence-corrected chi connectivity index (χ4v) is 4.23. The summed E-state index contributed by atoms with van der Waals surface area (Å²) in [6, 6.07) is 16.8. The van der Waals surface area contributed by atoms with E-state index in [9.17, 15) is 18.8 Å². The van der Waals surface area contributed by atoms with Crippen LogP contribution in [0, 0.1) is 6.92 Å². The molecule has 3 amide bonds. The molecule has 2 atom stereocenters. The number of benzene rings is 3. The fraction of sp³-hybridized carbons (Fsp3) is 0.250. The van der Waals surface area contributed by atoms with Crippen molar-refractivity contribution < 1.29 is 33.4 Å². The number of hydrogen-bond acceptors (Lipinski definition) is 5. The molecule has 1 aliphatic rings. The van der Waals surface area contributed by atoms with Gasteiger partial charge < -0.3 is 30.1 Å².